The maximum atomic E-state index is 9.82. The molecular formula is C16H23N5O. The van der Waals surface area contributed by atoms with Crippen molar-refractivity contribution in [2.45, 2.75) is 39.2 Å². The van der Waals surface area contributed by atoms with E-state index in [1.165, 1.54) is 12.8 Å². The summed E-state index contributed by atoms with van der Waals surface area (Å²) in [6.45, 7) is 6.89. The van der Waals surface area contributed by atoms with E-state index in [-0.39, 0.29) is 0 Å². The SMILES string of the molecule is CC(C)c1cc(O)cc(CNc2nc(N3CCCC3)n[nH]2)c1. The molecule has 2 heterocycles. The molecule has 118 valence electrons. The molecular weight excluding hydrogens is 278 g/mol. The summed E-state index contributed by atoms with van der Waals surface area (Å²) in [5, 5.41) is 20.2. The summed E-state index contributed by atoms with van der Waals surface area (Å²) in [5.41, 5.74) is 2.16. The molecule has 1 fully saturated rings. The van der Waals surface area contributed by atoms with Crippen molar-refractivity contribution in [3.05, 3.63) is 29.3 Å². The zero-order chi connectivity index (χ0) is 15.5. The Bertz CT molecular complexity index is 631. The summed E-state index contributed by atoms with van der Waals surface area (Å²) in [6.07, 6.45) is 2.41. The summed E-state index contributed by atoms with van der Waals surface area (Å²) >= 11 is 0. The second kappa shape index (κ2) is 6.25. The minimum absolute atomic E-state index is 0.304. The zero-order valence-electron chi connectivity index (χ0n) is 13.1. The van der Waals surface area contributed by atoms with Crippen LogP contribution in [0.3, 0.4) is 0 Å². The molecule has 6 heteroatoms. The number of nitrogens with one attached hydrogen (secondary N) is 2. The number of aromatic hydroxyl groups is 1. The van der Waals surface area contributed by atoms with Crippen molar-refractivity contribution in [3.63, 3.8) is 0 Å². The van der Waals surface area contributed by atoms with Gasteiger partial charge in [-0.25, -0.2) is 5.10 Å². The van der Waals surface area contributed by atoms with Crippen LogP contribution in [0.4, 0.5) is 11.9 Å². The molecule has 0 radical (unpaired) electrons. The van der Waals surface area contributed by atoms with Gasteiger partial charge in [-0.05, 0) is 42.0 Å². The van der Waals surface area contributed by atoms with E-state index >= 15 is 0 Å². The molecule has 0 aliphatic carbocycles. The lowest BCUT2D eigenvalue weighted by Crippen LogP contribution is -2.18. The highest BCUT2D eigenvalue weighted by molar-refractivity contribution is 5.40. The molecule has 3 N–H and O–H groups in total. The summed E-state index contributed by atoms with van der Waals surface area (Å²) in [6, 6.07) is 5.69. The van der Waals surface area contributed by atoms with Crippen LogP contribution in [-0.2, 0) is 6.54 Å². The van der Waals surface area contributed by atoms with Crippen LogP contribution in [0.2, 0.25) is 0 Å². The van der Waals surface area contributed by atoms with Gasteiger partial charge >= 0.3 is 0 Å². The van der Waals surface area contributed by atoms with E-state index in [0.717, 1.165) is 30.2 Å². The van der Waals surface area contributed by atoms with E-state index in [2.05, 4.69) is 45.3 Å². The molecule has 1 aliphatic rings. The molecule has 22 heavy (non-hydrogen) atoms. The molecule has 0 atom stereocenters. The lowest BCUT2D eigenvalue weighted by Gasteiger charge is -2.11. The molecule has 1 aromatic carbocycles. The van der Waals surface area contributed by atoms with Crippen molar-refractivity contribution in [2.75, 3.05) is 23.3 Å². The fourth-order valence-corrected chi connectivity index (χ4v) is 2.71. The maximum absolute atomic E-state index is 9.82. The van der Waals surface area contributed by atoms with Crippen LogP contribution < -0.4 is 10.2 Å². The summed E-state index contributed by atoms with van der Waals surface area (Å²) in [5.74, 6) is 2.12. The number of nitrogens with zero attached hydrogens (tertiary/aromatic N) is 3. The van der Waals surface area contributed by atoms with Crippen molar-refractivity contribution in [2.24, 2.45) is 0 Å². The van der Waals surface area contributed by atoms with Crippen LogP contribution in [0.5, 0.6) is 5.75 Å². The van der Waals surface area contributed by atoms with Gasteiger partial charge in [0.25, 0.3) is 0 Å². The van der Waals surface area contributed by atoms with Crippen molar-refractivity contribution in [1.82, 2.24) is 15.2 Å². The fraction of sp³-hybridized carbons (Fsp3) is 0.500. The molecule has 1 saturated heterocycles. The minimum atomic E-state index is 0.304. The number of hydrogen-bond acceptors (Lipinski definition) is 5. The van der Waals surface area contributed by atoms with Crippen molar-refractivity contribution < 1.29 is 5.11 Å². The van der Waals surface area contributed by atoms with Gasteiger partial charge in [0.15, 0.2) is 0 Å². The molecule has 3 rings (SSSR count). The average molecular weight is 301 g/mol. The number of aromatic amines is 1. The number of phenols is 1. The Morgan fingerprint density at radius 3 is 2.77 bits per heavy atom. The first kappa shape index (κ1) is 14.7. The number of aromatic nitrogens is 3. The molecule has 6 nitrogen and oxygen atoms in total. The molecule has 1 aliphatic heterocycles. The van der Waals surface area contributed by atoms with Crippen LogP contribution in [0.25, 0.3) is 0 Å². The van der Waals surface area contributed by atoms with Gasteiger partial charge < -0.3 is 15.3 Å². The molecule has 2 aromatic rings. The van der Waals surface area contributed by atoms with Gasteiger partial charge in [-0.15, -0.1) is 5.10 Å². The Balaban J connectivity index is 1.65. The highest BCUT2D eigenvalue weighted by Gasteiger charge is 2.16. The van der Waals surface area contributed by atoms with E-state index in [1.807, 2.05) is 6.07 Å². The standard InChI is InChI=1S/C16H23N5O/c1-11(2)13-7-12(8-14(22)9-13)10-17-15-18-16(20-19-15)21-5-3-4-6-21/h7-9,11,22H,3-6,10H2,1-2H3,(H2,17,18,19,20). The summed E-state index contributed by atoms with van der Waals surface area (Å²) < 4.78 is 0. The van der Waals surface area contributed by atoms with Crippen LogP contribution in [0, 0.1) is 0 Å². The first-order valence-electron chi connectivity index (χ1n) is 7.86. The Kier molecular flexibility index (Phi) is 4.18. The van der Waals surface area contributed by atoms with Crippen molar-refractivity contribution in [1.29, 1.82) is 0 Å². The lowest BCUT2D eigenvalue weighted by atomic mass is 10.0. The van der Waals surface area contributed by atoms with Gasteiger partial charge in [0.05, 0.1) is 0 Å². The van der Waals surface area contributed by atoms with Gasteiger partial charge in [0, 0.05) is 19.6 Å². The first-order chi connectivity index (χ1) is 10.6. The van der Waals surface area contributed by atoms with E-state index in [0.29, 0.717) is 24.2 Å². The third-order valence-corrected chi connectivity index (χ3v) is 3.99. The number of benzene rings is 1. The molecule has 0 spiro atoms. The average Bonchev–Trinajstić information content (AvgIpc) is 3.15. The Labute approximate surface area is 130 Å². The van der Waals surface area contributed by atoms with Crippen LogP contribution in [0.1, 0.15) is 43.7 Å². The van der Waals surface area contributed by atoms with Gasteiger partial charge in [0.1, 0.15) is 5.75 Å². The number of anilines is 2. The number of hydrogen-bond donors (Lipinski definition) is 3. The second-order valence-electron chi connectivity index (χ2n) is 6.12. The number of phenolic OH excluding ortho intramolecular Hbond substituents is 1. The zero-order valence-corrected chi connectivity index (χ0v) is 13.1. The van der Waals surface area contributed by atoms with E-state index in [1.54, 1.807) is 6.07 Å². The minimum Gasteiger partial charge on any atom is -0.508 e. The van der Waals surface area contributed by atoms with E-state index in [4.69, 9.17) is 0 Å². The predicted molar refractivity (Wildman–Crippen MR) is 87.4 cm³/mol. The molecule has 0 saturated carbocycles. The molecule has 0 unspecified atom stereocenters. The number of rotatable bonds is 5. The Morgan fingerprint density at radius 2 is 2.05 bits per heavy atom. The second-order valence-corrected chi connectivity index (χ2v) is 6.12. The van der Waals surface area contributed by atoms with E-state index < -0.39 is 0 Å². The van der Waals surface area contributed by atoms with Crippen molar-refractivity contribution in [3.8, 4) is 5.75 Å². The monoisotopic (exact) mass is 301 g/mol. The summed E-state index contributed by atoms with van der Waals surface area (Å²) in [4.78, 5) is 6.66. The smallest absolute Gasteiger partial charge is 0.246 e. The molecule has 0 bridgehead atoms. The predicted octanol–water partition coefficient (Wildman–Crippen LogP) is 2.85. The Morgan fingerprint density at radius 1 is 1.27 bits per heavy atom. The van der Waals surface area contributed by atoms with Gasteiger partial charge in [-0.3, -0.25) is 0 Å². The molecule has 1 aromatic heterocycles. The highest BCUT2D eigenvalue weighted by atomic mass is 16.3. The largest absolute Gasteiger partial charge is 0.508 e. The van der Waals surface area contributed by atoms with Gasteiger partial charge in [0.2, 0.25) is 11.9 Å². The fourth-order valence-electron chi connectivity index (χ4n) is 2.71. The van der Waals surface area contributed by atoms with E-state index in [9.17, 15) is 5.11 Å². The number of H-pyrrole nitrogens is 1. The van der Waals surface area contributed by atoms with Crippen LogP contribution in [0.15, 0.2) is 18.2 Å². The van der Waals surface area contributed by atoms with Gasteiger partial charge in [-0.2, -0.15) is 4.98 Å². The Hall–Kier alpha value is -2.24. The summed E-state index contributed by atoms with van der Waals surface area (Å²) in [7, 11) is 0. The molecule has 0 amide bonds. The van der Waals surface area contributed by atoms with Crippen LogP contribution >= 0.6 is 0 Å². The maximum Gasteiger partial charge on any atom is 0.246 e. The topological polar surface area (TPSA) is 77.1 Å². The van der Waals surface area contributed by atoms with Crippen molar-refractivity contribution >= 4 is 11.9 Å². The third-order valence-electron chi connectivity index (χ3n) is 3.99. The first-order valence-corrected chi connectivity index (χ1v) is 7.86. The highest BCUT2D eigenvalue weighted by Crippen LogP contribution is 2.23. The third kappa shape index (κ3) is 3.32. The normalized spacial score (nSPS) is 14.8. The lowest BCUT2D eigenvalue weighted by molar-refractivity contribution is 0.473. The van der Waals surface area contributed by atoms with Crippen LogP contribution in [-0.4, -0.2) is 33.4 Å². The van der Waals surface area contributed by atoms with Gasteiger partial charge in [-0.1, -0.05) is 19.9 Å². The quantitative estimate of drug-likeness (QED) is 0.791.